The second-order valence-corrected chi connectivity index (χ2v) is 7.24. The number of esters is 1. The number of carbonyl (C=O) groups excluding carboxylic acids is 2. The molecule has 1 heterocycles. The number of carbonyl (C=O) groups is 2. The van der Waals surface area contributed by atoms with E-state index in [-0.39, 0.29) is 16.2 Å². The lowest BCUT2D eigenvalue weighted by Crippen LogP contribution is -2.16. The summed E-state index contributed by atoms with van der Waals surface area (Å²) < 4.78 is 28.4. The van der Waals surface area contributed by atoms with Gasteiger partial charge in [-0.15, -0.1) is 0 Å². The van der Waals surface area contributed by atoms with E-state index in [9.17, 15) is 18.0 Å². The Morgan fingerprint density at radius 1 is 1.13 bits per heavy atom. The third-order valence-electron chi connectivity index (χ3n) is 3.29. The van der Waals surface area contributed by atoms with Crippen molar-refractivity contribution in [3.8, 4) is 0 Å². The van der Waals surface area contributed by atoms with Gasteiger partial charge in [0.25, 0.3) is 0 Å². The van der Waals surface area contributed by atoms with Gasteiger partial charge >= 0.3 is 5.97 Å². The number of ether oxygens (including phenoxy) is 1. The molecule has 0 aliphatic rings. The highest BCUT2D eigenvalue weighted by molar-refractivity contribution is 7.90. The van der Waals surface area contributed by atoms with Crippen molar-refractivity contribution in [1.29, 1.82) is 0 Å². The molecule has 0 radical (unpaired) electrons. The van der Waals surface area contributed by atoms with E-state index in [1.165, 1.54) is 24.3 Å². The van der Waals surface area contributed by atoms with Crippen LogP contribution in [-0.2, 0) is 14.6 Å². The average molecular weight is 335 g/mol. The topological polar surface area (TPSA) is 93.3 Å². The molecule has 122 valence electrons. The van der Waals surface area contributed by atoms with Gasteiger partial charge in [0.1, 0.15) is 0 Å². The molecular formula is C16H17NO5S. The maximum absolute atomic E-state index is 12.1. The minimum Gasteiger partial charge on any atom is -0.454 e. The molecule has 0 aliphatic carbocycles. The van der Waals surface area contributed by atoms with Crippen molar-refractivity contribution >= 4 is 21.6 Å². The fourth-order valence-electron chi connectivity index (χ4n) is 2.26. The maximum atomic E-state index is 12.1. The third kappa shape index (κ3) is 3.87. The summed E-state index contributed by atoms with van der Waals surface area (Å²) in [6, 6.07) is 7.41. The Kier molecular flexibility index (Phi) is 4.70. The first-order valence-electron chi connectivity index (χ1n) is 6.86. The number of benzene rings is 1. The number of H-pyrrole nitrogens is 1. The summed E-state index contributed by atoms with van der Waals surface area (Å²) in [6.07, 6.45) is 1.01. The van der Waals surface area contributed by atoms with Crippen LogP contribution in [0.25, 0.3) is 0 Å². The molecule has 0 fully saturated rings. The molecule has 0 saturated carbocycles. The highest BCUT2D eigenvalue weighted by Crippen LogP contribution is 2.17. The van der Waals surface area contributed by atoms with Crippen molar-refractivity contribution < 1.29 is 22.7 Å². The molecule has 0 bridgehead atoms. The number of ketones is 1. The molecule has 6 nitrogen and oxygen atoms in total. The molecule has 1 aromatic heterocycles. The van der Waals surface area contributed by atoms with Crippen molar-refractivity contribution in [3.05, 3.63) is 52.8 Å². The number of nitrogens with one attached hydrogen (secondary N) is 1. The fourth-order valence-corrected chi connectivity index (χ4v) is 3.14. The number of hydrogen-bond acceptors (Lipinski definition) is 5. The standard InChI is InChI=1S/C16H17NO5S/c1-10-8-13(11(2)17-10)14(18)9-22-16(19)12-6-4-5-7-15(12)23(3,20)21/h4-8,17H,9H2,1-3H3. The highest BCUT2D eigenvalue weighted by Gasteiger charge is 2.21. The largest absolute Gasteiger partial charge is 0.454 e. The van der Waals surface area contributed by atoms with Gasteiger partial charge in [-0.2, -0.15) is 0 Å². The molecule has 0 amide bonds. The van der Waals surface area contributed by atoms with E-state index in [1.807, 2.05) is 6.92 Å². The van der Waals surface area contributed by atoms with Crippen LogP contribution in [0, 0.1) is 13.8 Å². The SMILES string of the molecule is Cc1cc(C(=O)COC(=O)c2ccccc2S(C)(=O)=O)c(C)[nH]1. The van der Waals surface area contributed by atoms with E-state index in [2.05, 4.69) is 4.98 Å². The first-order chi connectivity index (χ1) is 10.7. The Hall–Kier alpha value is -2.41. The summed E-state index contributed by atoms with van der Waals surface area (Å²) >= 11 is 0. The Bertz CT molecular complexity index is 864. The lowest BCUT2D eigenvalue weighted by Gasteiger charge is -2.08. The number of Topliss-reactive ketones (excluding diaryl/α,β-unsaturated/α-hetero) is 1. The van der Waals surface area contributed by atoms with E-state index >= 15 is 0 Å². The predicted molar refractivity (Wildman–Crippen MR) is 84.4 cm³/mol. The maximum Gasteiger partial charge on any atom is 0.339 e. The normalized spacial score (nSPS) is 11.3. The van der Waals surface area contributed by atoms with Gasteiger partial charge in [-0.05, 0) is 32.0 Å². The van der Waals surface area contributed by atoms with Gasteiger partial charge in [0.15, 0.2) is 16.4 Å². The molecule has 0 spiro atoms. The number of aromatic amines is 1. The Morgan fingerprint density at radius 2 is 1.78 bits per heavy atom. The van der Waals surface area contributed by atoms with Crippen molar-refractivity contribution in [3.63, 3.8) is 0 Å². The minimum absolute atomic E-state index is 0.0789. The molecule has 1 aromatic carbocycles. The zero-order chi connectivity index (χ0) is 17.2. The fraction of sp³-hybridized carbons (Fsp3) is 0.250. The molecule has 1 N–H and O–H groups in total. The monoisotopic (exact) mass is 335 g/mol. The van der Waals surface area contributed by atoms with Gasteiger partial charge in [0, 0.05) is 23.2 Å². The Labute approximate surface area is 134 Å². The van der Waals surface area contributed by atoms with Crippen LogP contribution in [0.5, 0.6) is 0 Å². The van der Waals surface area contributed by atoms with Crippen LogP contribution in [0.1, 0.15) is 32.1 Å². The summed E-state index contributed by atoms with van der Waals surface area (Å²) in [5, 5.41) is 0. The van der Waals surface area contributed by atoms with Crippen LogP contribution in [0.4, 0.5) is 0 Å². The predicted octanol–water partition coefficient (Wildman–Crippen LogP) is 2.07. The van der Waals surface area contributed by atoms with Crippen molar-refractivity contribution in [2.75, 3.05) is 12.9 Å². The Balaban J connectivity index is 2.15. The van der Waals surface area contributed by atoms with Crippen LogP contribution >= 0.6 is 0 Å². The van der Waals surface area contributed by atoms with Crippen LogP contribution in [0.3, 0.4) is 0 Å². The first-order valence-corrected chi connectivity index (χ1v) is 8.75. The number of sulfone groups is 1. The lowest BCUT2D eigenvalue weighted by molar-refractivity contribution is 0.0471. The summed E-state index contributed by atoms with van der Waals surface area (Å²) in [4.78, 5) is 27.0. The van der Waals surface area contributed by atoms with E-state index in [4.69, 9.17) is 4.74 Å². The van der Waals surface area contributed by atoms with Gasteiger partial charge < -0.3 is 9.72 Å². The van der Waals surface area contributed by atoms with Crippen molar-refractivity contribution in [2.45, 2.75) is 18.7 Å². The molecular weight excluding hydrogens is 318 g/mol. The van der Waals surface area contributed by atoms with E-state index in [1.54, 1.807) is 13.0 Å². The smallest absolute Gasteiger partial charge is 0.339 e. The minimum atomic E-state index is -3.56. The molecule has 23 heavy (non-hydrogen) atoms. The zero-order valence-electron chi connectivity index (χ0n) is 13.0. The molecule has 0 atom stereocenters. The number of hydrogen-bond donors (Lipinski definition) is 1. The summed E-state index contributed by atoms with van der Waals surface area (Å²) in [7, 11) is -3.56. The van der Waals surface area contributed by atoms with Gasteiger partial charge in [0.05, 0.1) is 10.5 Å². The van der Waals surface area contributed by atoms with E-state index < -0.39 is 22.4 Å². The highest BCUT2D eigenvalue weighted by atomic mass is 32.2. The molecule has 0 unspecified atom stereocenters. The summed E-state index contributed by atoms with van der Waals surface area (Å²) in [5.41, 5.74) is 1.90. The van der Waals surface area contributed by atoms with Gasteiger partial charge in [-0.3, -0.25) is 4.79 Å². The van der Waals surface area contributed by atoms with Crippen LogP contribution in [-0.4, -0.2) is 38.0 Å². The quantitative estimate of drug-likeness (QED) is 0.667. The third-order valence-corrected chi connectivity index (χ3v) is 4.45. The second-order valence-electron chi connectivity index (χ2n) is 5.26. The number of aryl methyl sites for hydroxylation is 2. The Morgan fingerprint density at radius 3 is 2.35 bits per heavy atom. The first kappa shape index (κ1) is 17.0. The summed E-state index contributed by atoms with van der Waals surface area (Å²) in [5.74, 6) is -1.19. The van der Waals surface area contributed by atoms with Crippen LogP contribution < -0.4 is 0 Å². The van der Waals surface area contributed by atoms with Crippen LogP contribution in [0.2, 0.25) is 0 Å². The lowest BCUT2D eigenvalue weighted by atomic mass is 10.1. The second kappa shape index (κ2) is 6.37. The van der Waals surface area contributed by atoms with Gasteiger partial charge in [-0.1, -0.05) is 12.1 Å². The molecule has 0 aliphatic heterocycles. The molecule has 0 saturated heterocycles. The zero-order valence-corrected chi connectivity index (χ0v) is 13.9. The molecule has 2 aromatic rings. The van der Waals surface area contributed by atoms with Crippen molar-refractivity contribution in [1.82, 2.24) is 4.98 Å². The van der Waals surface area contributed by atoms with Gasteiger partial charge in [-0.25, -0.2) is 13.2 Å². The van der Waals surface area contributed by atoms with Crippen LogP contribution in [0.15, 0.2) is 35.2 Å². The molecule has 2 rings (SSSR count). The average Bonchev–Trinajstić information content (AvgIpc) is 2.82. The summed E-state index contributed by atoms with van der Waals surface area (Å²) in [6.45, 7) is 3.12. The van der Waals surface area contributed by atoms with Gasteiger partial charge in [0.2, 0.25) is 5.78 Å². The molecule has 7 heteroatoms. The van der Waals surface area contributed by atoms with Crippen molar-refractivity contribution in [2.24, 2.45) is 0 Å². The van der Waals surface area contributed by atoms with E-state index in [0.29, 0.717) is 11.3 Å². The number of rotatable bonds is 5. The van der Waals surface area contributed by atoms with E-state index in [0.717, 1.165) is 11.9 Å². The number of aromatic nitrogens is 1.